The summed E-state index contributed by atoms with van der Waals surface area (Å²) >= 11 is 11.8. The molecule has 2 heterocycles. The second-order valence-corrected chi connectivity index (χ2v) is 11.5. The summed E-state index contributed by atoms with van der Waals surface area (Å²) in [4.78, 5) is 3.47. The summed E-state index contributed by atoms with van der Waals surface area (Å²) in [7, 11) is -8.54. The van der Waals surface area contributed by atoms with Crippen molar-refractivity contribution in [1.29, 1.82) is 5.26 Å². The number of rotatable bonds is 5. The average Bonchev–Trinajstić information content (AvgIpc) is 3.08. The van der Waals surface area contributed by atoms with Gasteiger partial charge < -0.3 is 10.8 Å². The van der Waals surface area contributed by atoms with Crippen LogP contribution < -0.4 is 5.73 Å². The van der Waals surface area contributed by atoms with Gasteiger partial charge in [-0.3, -0.25) is 0 Å². The monoisotopic (exact) mass is 490 g/mol. The van der Waals surface area contributed by atoms with Gasteiger partial charge in [-0.05, 0) is 30.3 Å². The van der Waals surface area contributed by atoms with Crippen molar-refractivity contribution in [2.24, 2.45) is 5.73 Å². The predicted molar refractivity (Wildman–Crippen MR) is 109 cm³/mol. The van der Waals surface area contributed by atoms with E-state index in [9.17, 15) is 21.9 Å². The number of aromatic nitrogens is 1. The van der Waals surface area contributed by atoms with E-state index in [0.29, 0.717) is 0 Å². The Labute approximate surface area is 183 Å². The Morgan fingerprint density at radius 2 is 1.97 bits per heavy atom. The predicted octanol–water partition coefficient (Wildman–Crippen LogP) is 0.797. The van der Waals surface area contributed by atoms with Crippen LogP contribution in [-0.4, -0.2) is 61.7 Å². The summed E-state index contributed by atoms with van der Waals surface area (Å²) in [6, 6.07) is 7.95. The molecule has 1 aromatic carbocycles. The molecular formula is C17H16Cl2N4O5S2. The Morgan fingerprint density at radius 3 is 2.50 bits per heavy atom. The van der Waals surface area contributed by atoms with E-state index < -0.39 is 50.3 Å². The number of sulfone groups is 1. The number of hydrogen-bond donors (Lipinski definition) is 2. The third-order valence-electron chi connectivity index (χ3n) is 4.82. The van der Waals surface area contributed by atoms with Gasteiger partial charge in [0.2, 0.25) is 19.9 Å². The minimum absolute atomic E-state index is 0.160. The molecule has 0 unspecified atom stereocenters. The first-order valence-corrected chi connectivity index (χ1v) is 12.2. The molecule has 2 aromatic rings. The molecule has 3 N–H and O–H groups in total. The molecule has 0 saturated carbocycles. The summed E-state index contributed by atoms with van der Waals surface area (Å²) in [5.41, 5.74) is 3.74. The van der Waals surface area contributed by atoms with Gasteiger partial charge in [-0.15, -0.1) is 0 Å². The summed E-state index contributed by atoms with van der Waals surface area (Å²) in [5, 5.41) is 17.9. The van der Waals surface area contributed by atoms with Crippen molar-refractivity contribution < 1.29 is 21.9 Å². The maximum Gasteiger partial charge on any atom is 0.244 e. The van der Waals surface area contributed by atoms with E-state index in [-0.39, 0.29) is 25.5 Å². The van der Waals surface area contributed by atoms with E-state index in [1.54, 1.807) is 0 Å². The van der Waals surface area contributed by atoms with Gasteiger partial charge in [0.25, 0.3) is 0 Å². The van der Waals surface area contributed by atoms with Crippen LogP contribution in [0.4, 0.5) is 0 Å². The highest BCUT2D eigenvalue weighted by Gasteiger charge is 2.55. The summed E-state index contributed by atoms with van der Waals surface area (Å²) in [6.07, 6.45) is 1.13. The minimum Gasteiger partial charge on any atom is -0.386 e. The number of sulfonamides is 1. The van der Waals surface area contributed by atoms with Crippen molar-refractivity contribution in [3.63, 3.8) is 0 Å². The smallest absolute Gasteiger partial charge is 0.244 e. The summed E-state index contributed by atoms with van der Waals surface area (Å²) in [5.74, 6) is 0. The standard InChI is InChI=1S/C17H16Cl2N4O5S2/c18-12-2-4-16(22-7-12)29(25,26)15-8-23(10-17(15,24)9-21)30(27,28)14-3-1-11(6-20)5-13(14)19/h1-5,7,15,24H,8-10,21H2/t15-,17-/m0/s1. The average molecular weight is 491 g/mol. The van der Waals surface area contributed by atoms with Gasteiger partial charge >= 0.3 is 0 Å². The SMILES string of the molecule is N#Cc1ccc(S(=O)(=O)N2C[C@H](S(=O)(=O)c3ccc(Cl)cn3)[C@](O)(CN)C2)c(Cl)c1. The molecule has 30 heavy (non-hydrogen) atoms. The normalized spacial score (nSPS) is 22.7. The zero-order valence-corrected chi connectivity index (χ0v) is 18.4. The van der Waals surface area contributed by atoms with Gasteiger partial charge in [-0.25, -0.2) is 21.8 Å². The number of nitrogens with two attached hydrogens (primary N) is 1. The molecule has 0 amide bonds. The molecule has 3 rings (SSSR count). The number of pyridine rings is 1. The number of hydrogen-bond acceptors (Lipinski definition) is 8. The van der Waals surface area contributed by atoms with E-state index in [1.807, 2.05) is 6.07 Å². The number of benzene rings is 1. The minimum atomic E-state index is -4.29. The Hall–Kier alpha value is -1.78. The van der Waals surface area contributed by atoms with Crippen molar-refractivity contribution in [3.8, 4) is 6.07 Å². The van der Waals surface area contributed by atoms with Gasteiger partial charge in [-0.2, -0.15) is 9.57 Å². The Morgan fingerprint density at radius 1 is 1.27 bits per heavy atom. The highest BCUT2D eigenvalue weighted by atomic mass is 35.5. The largest absolute Gasteiger partial charge is 0.386 e. The maximum atomic E-state index is 13.1. The van der Waals surface area contributed by atoms with Crippen LogP contribution in [-0.2, 0) is 19.9 Å². The van der Waals surface area contributed by atoms with E-state index in [2.05, 4.69) is 4.98 Å². The van der Waals surface area contributed by atoms with Crippen molar-refractivity contribution in [2.45, 2.75) is 20.8 Å². The molecule has 0 bridgehead atoms. The van der Waals surface area contributed by atoms with Gasteiger partial charge in [0.15, 0.2) is 5.03 Å². The number of β-amino-alcohol motifs (C(OH)–C–C–N with tert-alkyl or cyclic N) is 1. The van der Waals surface area contributed by atoms with E-state index in [1.165, 1.54) is 24.3 Å². The van der Waals surface area contributed by atoms with Crippen LogP contribution in [0, 0.1) is 11.3 Å². The molecular weight excluding hydrogens is 475 g/mol. The van der Waals surface area contributed by atoms with Gasteiger partial charge in [-0.1, -0.05) is 23.2 Å². The van der Waals surface area contributed by atoms with Crippen LogP contribution in [0.2, 0.25) is 10.0 Å². The lowest BCUT2D eigenvalue weighted by Gasteiger charge is -2.26. The first kappa shape index (κ1) is 22.9. The van der Waals surface area contributed by atoms with Crippen LogP contribution in [0.25, 0.3) is 0 Å². The summed E-state index contributed by atoms with van der Waals surface area (Å²) < 4.78 is 53.1. The van der Waals surface area contributed by atoms with E-state index >= 15 is 0 Å². The zero-order valence-electron chi connectivity index (χ0n) is 15.2. The molecule has 0 spiro atoms. The van der Waals surface area contributed by atoms with Crippen molar-refractivity contribution in [3.05, 3.63) is 52.1 Å². The maximum absolute atomic E-state index is 13.1. The number of halogens is 2. The quantitative estimate of drug-likeness (QED) is 0.623. The molecule has 1 aliphatic heterocycles. The first-order chi connectivity index (χ1) is 14.0. The van der Waals surface area contributed by atoms with E-state index in [0.717, 1.165) is 16.6 Å². The first-order valence-electron chi connectivity index (χ1n) is 8.43. The molecule has 0 radical (unpaired) electrons. The molecule has 1 aromatic heterocycles. The topological polar surface area (TPSA) is 154 Å². The fourth-order valence-corrected chi connectivity index (χ4v) is 7.30. The lowest BCUT2D eigenvalue weighted by atomic mass is 10.0. The zero-order chi connectivity index (χ0) is 22.3. The van der Waals surface area contributed by atoms with Gasteiger partial charge in [0.1, 0.15) is 15.7 Å². The molecule has 13 heteroatoms. The lowest BCUT2D eigenvalue weighted by Crippen LogP contribution is -2.51. The number of aliphatic hydroxyl groups is 1. The Kier molecular flexibility index (Phi) is 6.14. The Bertz CT molecular complexity index is 1230. The van der Waals surface area contributed by atoms with Crippen LogP contribution >= 0.6 is 23.2 Å². The van der Waals surface area contributed by atoms with Gasteiger partial charge in [0, 0.05) is 25.8 Å². The van der Waals surface area contributed by atoms with Gasteiger partial charge in [0.05, 0.1) is 21.7 Å². The third-order valence-corrected chi connectivity index (χ3v) is 9.50. The molecule has 1 fully saturated rings. The van der Waals surface area contributed by atoms with Crippen LogP contribution in [0.5, 0.6) is 0 Å². The number of nitriles is 1. The second-order valence-electron chi connectivity index (χ2n) is 6.71. The highest BCUT2D eigenvalue weighted by Crippen LogP contribution is 2.35. The summed E-state index contributed by atoms with van der Waals surface area (Å²) in [6.45, 7) is -1.61. The van der Waals surface area contributed by atoms with Crippen LogP contribution in [0.3, 0.4) is 0 Å². The Balaban J connectivity index is 2.02. The van der Waals surface area contributed by atoms with Crippen molar-refractivity contribution >= 4 is 43.1 Å². The lowest BCUT2D eigenvalue weighted by molar-refractivity contribution is 0.0675. The highest BCUT2D eigenvalue weighted by molar-refractivity contribution is 7.92. The fraction of sp³-hybridized carbons (Fsp3) is 0.294. The molecule has 0 aliphatic carbocycles. The second kappa shape index (κ2) is 8.05. The molecule has 2 atom stereocenters. The number of nitrogens with zero attached hydrogens (tertiary/aromatic N) is 3. The molecule has 160 valence electrons. The molecule has 1 aliphatic rings. The third kappa shape index (κ3) is 3.92. The van der Waals surface area contributed by atoms with Crippen LogP contribution in [0.1, 0.15) is 5.56 Å². The van der Waals surface area contributed by atoms with E-state index in [4.69, 9.17) is 34.2 Å². The van der Waals surface area contributed by atoms with Crippen LogP contribution in [0.15, 0.2) is 46.5 Å². The molecule has 9 nitrogen and oxygen atoms in total. The van der Waals surface area contributed by atoms with Crippen molar-refractivity contribution in [1.82, 2.24) is 9.29 Å². The van der Waals surface area contributed by atoms with Crippen molar-refractivity contribution in [2.75, 3.05) is 19.6 Å². The molecule has 1 saturated heterocycles. The fourth-order valence-electron chi connectivity index (χ4n) is 3.19.